The topological polar surface area (TPSA) is 181 Å². The summed E-state index contributed by atoms with van der Waals surface area (Å²) >= 11 is 0. The summed E-state index contributed by atoms with van der Waals surface area (Å²) in [7, 11) is 0. The Morgan fingerprint density at radius 1 is 1.32 bits per heavy atom. The molecule has 1 heterocycles. The quantitative estimate of drug-likeness (QED) is 0.188. The van der Waals surface area contributed by atoms with Crippen LogP contribution >= 0.6 is 0 Å². The molecule has 0 aromatic carbocycles. The van der Waals surface area contributed by atoms with Gasteiger partial charge in [-0.15, -0.1) is 0 Å². The largest absolute Gasteiger partial charge is 0.394 e. The molecule has 164 valence electrons. The molecule has 5 unspecified atom stereocenters. The van der Waals surface area contributed by atoms with E-state index in [1.54, 1.807) is 20.8 Å². The van der Waals surface area contributed by atoms with Crippen LogP contribution in [0.1, 0.15) is 34.6 Å². The van der Waals surface area contributed by atoms with E-state index in [4.69, 9.17) is 15.2 Å². The number of aliphatic hydroxyl groups excluding tert-OH is 3. The first-order valence-electron chi connectivity index (χ1n) is 9.04. The molecular formula is C17H32N2O9. The molecule has 1 aliphatic heterocycles. The van der Waals surface area contributed by atoms with E-state index >= 15 is 0 Å². The Labute approximate surface area is 163 Å². The van der Waals surface area contributed by atoms with Crippen LogP contribution < -0.4 is 11.1 Å². The molecule has 0 aromatic rings. The van der Waals surface area contributed by atoms with Crippen molar-refractivity contribution >= 4 is 11.8 Å². The average molecular weight is 408 g/mol. The van der Waals surface area contributed by atoms with Crippen LogP contribution in [0.3, 0.4) is 0 Å². The van der Waals surface area contributed by atoms with Crippen molar-refractivity contribution in [3.05, 3.63) is 0 Å². The van der Waals surface area contributed by atoms with Gasteiger partial charge in [-0.25, -0.2) is 4.89 Å². The van der Waals surface area contributed by atoms with Gasteiger partial charge in [-0.05, 0) is 20.8 Å². The van der Waals surface area contributed by atoms with E-state index in [1.807, 2.05) is 0 Å². The number of nitrogens with one attached hydrogen (secondary N) is 1. The highest BCUT2D eigenvalue weighted by molar-refractivity contribution is 5.79. The third kappa shape index (κ3) is 5.60. The smallest absolute Gasteiger partial charge is 0.248 e. The third-order valence-corrected chi connectivity index (χ3v) is 5.24. The van der Waals surface area contributed by atoms with Crippen molar-refractivity contribution in [3.63, 3.8) is 0 Å². The number of primary amides is 1. The summed E-state index contributed by atoms with van der Waals surface area (Å²) in [5, 5.41) is 41.4. The summed E-state index contributed by atoms with van der Waals surface area (Å²) in [6.07, 6.45) is -7.03. The van der Waals surface area contributed by atoms with Crippen molar-refractivity contribution < 1.29 is 44.5 Å². The maximum atomic E-state index is 11.6. The number of rotatable bonds is 9. The van der Waals surface area contributed by atoms with Gasteiger partial charge >= 0.3 is 0 Å². The number of hydrogen-bond donors (Lipinski definition) is 6. The molecule has 0 aliphatic carbocycles. The van der Waals surface area contributed by atoms with Gasteiger partial charge in [0, 0.05) is 12.8 Å². The summed E-state index contributed by atoms with van der Waals surface area (Å²) in [6, 6.07) is -0.963. The third-order valence-electron chi connectivity index (χ3n) is 5.24. The summed E-state index contributed by atoms with van der Waals surface area (Å²) in [6.45, 7) is 7.29. The van der Waals surface area contributed by atoms with E-state index in [2.05, 4.69) is 10.2 Å². The molecule has 28 heavy (non-hydrogen) atoms. The first-order chi connectivity index (χ1) is 12.9. The van der Waals surface area contributed by atoms with Gasteiger partial charge in [0.2, 0.25) is 11.8 Å². The molecule has 11 heteroatoms. The first kappa shape index (κ1) is 24.7. The lowest BCUT2D eigenvalue weighted by molar-refractivity contribution is -0.340. The van der Waals surface area contributed by atoms with E-state index in [9.17, 15) is 30.2 Å². The van der Waals surface area contributed by atoms with Crippen LogP contribution in [-0.4, -0.2) is 87.3 Å². The molecule has 7 N–H and O–H groups in total. The highest BCUT2D eigenvalue weighted by Gasteiger charge is 2.51. The number of amides is 2. The number of carbonyl (C=O) groups excluding carboxylic acids is 2. The lowest BCUT2D eigenvalue weighted by atomic mass is 9.79. The average Bonchev–Trinajstić information content (AvgIpc) is 2.60. The standard InChI is InChI=1S/C17H32N2O9/c1-7(17(4,5)27-8(2)12(22)16(18)24)14-11(19-9(3)21)15(28-25)13(23)10(6-20)26-14/h7-8,10-15,20,22-23,25H,6H2,1-5H3,(H2,18,24)(H,19,21)/t7?,8-,10?,11?,12?,13+,14-,15?/m0/s1. The normalized spacial score (nSPS) is 31.7. The van der Waals surface area contributed by atoms with Gasteiger partial charge in [0.15, 0.2) is 6.10 Å². The zero-order valence-corrected chi connectivity index (χ0v) is 16.7. The minimum Gasteiger partial charge on any atom is -0.394 e. The predicted molar refractivity (Wildman–Crippen MR) is 95.9 cm³/mol. The number of aliphatic hydroxyl groups is 3. The molecule has 1 aliphatic rings. The molecule has 0 spiro atoms. The van der Waals surface area contributed by atoms with Crippen molar-refractivity contribution in [2.45, 2.75) is 82.9 Å². The molecule has 1 fully saturated rings. The van der Waals surface area contributed by atoms with Crippen molar-refractivity contribution in [2.24, 2.45) is 11.7 Å². The molecule has 11 nitrogen and oxygen atoms in total. The maximum absolute atomic E-state index is 11.6. The van der Waals surface area contributed by atoms with Crippen LogP contribution in [0, 0.1) is 5.92 Å². The van der Waals surface area contributed by atoms with Gasteiger partial charge in [-0.1, -0.05) is 6.92 Å². The predicted octanol–water partition coefficient (Wildman–Crippen LogP) is -1.86. The molecule has 8 atom stereocenters. The highest BCUT2D eigenvalue weighted by atomic mass is 17.1. The van der Waals surface area contributed by atoms with Crippen LogP contribution in [-0.2, 0) is 24.0 Å². The summed E-state index contributed by atoms with van der Waals surface area (Å²) in [4.78, 5) is 27.2. The van der Waals surface area contributed by atoms with Gasteiger partial charge < -0.3 is 35.8 Å². The summed E-state index contributed by atoms with van der Waals surface area (Å²) in [5.74, 6) is -1.90. The zero-order valence-electron chi connectivity index (χ0n) is 16.7. The van der Waals surface area contributed by atoms with Gasteiger partial charge in [0.25, 0.3) is 0 Å². The van der Waals surface area contributed by atoms with Crippen molar-refractivity contribution in [1.29, 1.82) is 0 Å². The van der Waals surface area contributed by atoms with E-state index in [-0.39, 0.29) is 0 Å². The van der Waals surface area contributed by atoms with Crippen molar-refractivity contribution in [1.82, 2.24) is 5.32 Å². The number of hydrogen-bond acceptors (Lipinski definition) is 9. The Bertz CT molecular complexity index is 545. The molecule has 1 rings (SSSR count). The Morgan fingerprint density at radius 2 is 1.89 bits per heavy atom. The van der Waals surface area contributed by atoms with Gasteiger partial charge in [0.05, 0.1) is 30.5 Å². The highest BCUT2D eigenvalue weighted by Crippen LogP contribution is 2.35. The second-order valence-electron chi connectivity index (χ2n) is 7.67. The number of nitrogens with two attached hydrogens (primary N) is 1. The molecule has 1 saturated heterocycles. The molecule has 0 aromatic heterocycles. The van der Waals surface area contributed by atoms with E-state index in [0.29, 0.717) is 0 Å². The Balaban J connectivity index is 3.14. The zero-order chi connectivity index (χ0) is 21.8. The lowest BCUT2D eigenvalue weighted by Gasteiger charge is -2.49. The SMILES string of the molecule is CC(=O)NC1C(OO)[C@H](O)C(CO)O[C@H]1C(C)C(C)(C)O[C@@H](C)C(O)C(N)=O. The Morgan fingerprint density at radius 3 is 2.32 bits per heavy atom. The van der Waals surface area contributed by atoms with Gasteiger partial charge in [-0.3, -0.25) is 14.8 Å². The Hall–Kier alpha value is -1.34. The maximum Gasteiger partial charge on any atom is 0.248 e. The van der Waals surface area contributed by atoms with Crippen LogP contribution in [0.5, 0.6) is 0 Å². The van der Waals surface area contributed by atoms with E-state index in [1.165, 1.54) is 13.8 Å². The number of carbonyl (C=O) groups is 2. The van der Waals surface area contributed by atoms with Gasteiger partial charge in [-0.2, -0.15) is 0 Å². The Kier molecular flexibility index (Phi) is 8.75. The fraction of sp³-hybridized carbons (Fsp3) is 0.882. The molecule has 0 saturated carbocycles. The fourth-order valence-corrected chi connectivity index (χ4v) is 3.36. The minimum absolute atomic E-state index is 0.446. The molecule has 2 amide bonds. The second-order valence-corrected chi connectivity index (χ2v) is 7.67. The van der Waals surface area contributed by atoms with Crippen LogP contribution in [0.15, 0.2) is 0 Å². The molecule has 0 radical (unpaired) electrons. The van der Waals surface area contributed by atoms with Crippen LogP contribution in [0.4, 0.5) is 0 Å². The van der Waals surface area contributed by atoms with Crippen molar-refractivity contribution in [3.8, 4) is 0 Å². The second kappa shape index (κ2) is 9.92. The molecule has 0 bridgehead atoms. The van der Waals surface area contributed by atoms with Crippen LogP contribution in [0.25, 0.3) is 0 Å². The van der Waals surface area contributed by atoms with Crippen LogP contribution in [0.2, 0.25) is 0 Å². The first-order valence-corrected chi connectivity index (χ1v) is 9.04. The van der Waals surface area contributed by atoms with Crippen molar-refractivity contribution in [2.75, 3.05) is 6.61 Å². The minimum atomic E-state index is -1.52. The van der Waals surface area contributed by atoms with Gasteiger partial charge in [0.1, 0.15) is 18.3 Å². The lowest BCUT2D eigenvalue weighted by Crippen LogP contribution is -2.67. The monoisotopic (exact) mass is 408 g/mol. The van der Waals surface area contributed by atoms with E-state index in [0.717, 1.165) is 0 Å². The fourth-order valence-electron chi connectivity index (χ4n) is 3.36. The number of ether oxygens (including phenoxy) is 2. The summed E-state index contributed by atoms with van der Waals surface area (Å²) in [5.41, 5.74) is 4.08. The molecular weight excluding hydrogens is 376 g/mol. The van der Waals surface area contributed by atoms with E-state index < -0.39 is 72.6 Å². The summed E-state index contributed by atoms with van der Waals surface area (Å²) < 4.78 is 11.6.